The molecular weight excluding hydrogens is 1080 g/mol. The first-order valence-corrected chi connectivity index (χ1v) is 35.5. The van der Waals surface area contributed by atoms with Crippen LogP contribution in [0, 0.1) is 40.9 Å². The minimum atomic E-state index is -0.575. The Labute approximate surface area is 525 Å². The minimum Gasteiger partial charge on any atom is -0.449 e. The Morgan fingerprint density at radius 3 is 1.52 bits per heavy atom. The molecule has 6 atom stereocenters. The van der Waals surface area contributed by atoms with Gasteiger partial charge in [0.05, 0.1) is 25.5 Å². The molecule has 1 aromatic heterocycles. The smallest absolute Gasteiger partial charge is 0.407 e. The van der Waals surface area contributed by atoms with Crippen molar-refractivity contribution in [2.45, 2.75) is 339 Å². The standard InChI is InChI=1S/C71H133N7O8/c1-13-17-21-25-29-31-35-39-43-59(41-37-33-27-23-19-15-3)52-85-67(82)74-57(6)48-69(8,9)47-56(5)51-72-65(80)78-64-75-58(7)62(63(79)77-64)45-46-84-66(81)73-55-71(12)50-61(49-70(10,11)54-71)76-68(83)86-53-60(42-38-34-28-24-20-16-4)44-40-36-32-30-26-22-18-14-2/h56-57,59-61H,13-55H2,1-12H3,(H,73,81)(H,74,82)(H,76,83)(H3,72,75,77,78,79,80). The Morgan fingerprint density at radius 2 is 1.06 bits per heavy atom. The van der Waals surface area contributed by atoms with Crippen LogP contribution in [-0.2, 0) is 20.6 Å². The van der Waals surface area contributed by atoms with E-state index in [0.717, 1.165) is 51.4 Å². The van der Waals surface area contributed by atoms with E-state index < -0.39 is 17.7 Å². The van der Waals surface area contributed by atoms with Crippen LogP contribution >= 0.6 is 0 Å². The summed E-state index contributed by atoms with van der Waals surface area (Å²) in [7, 11) is 0. The number of aryl methyl sites for hydroxylation is 1. The molecule has 500 valence electrons. The molecular formula is C71H133N7O8. The maximum atomic E-state index is 13.3. The molecule has 86 heavy (non-hydrogen) atoms. The average molecular weight is 1210 g/mol. The quantitative estimate of drug-likeness (QED) is 0.0271. The number of unbranched alkanes of at least 4 members (excludes halogenated alkanes) is 24. The maximum Gasteiger partial charge on any atom is 0.407 e. The second-order valence-corrected chi connectivity index (χ2v) is 28.7. The lowest BCUT2D eigenvalue weighted by atomic mass is 9.62. The van der Waals surface area contributed by atoms with Gasteiger partial charge in [0, 0.05) is 37.2 Å². The highest BCUT2D eigenvalue weighted by Gasteiger charge is 2.42. The third-order valence-electron chi connectivity index (χ3n) is 18.0. The molecule has 0 saturated heterocycles. The number of amides is 5. The zero-order valence-corrected chi connectivity index (χ0v) is 57.5. The lowest BCUT2D eigenvalue weighted by Crippen LogP contribution is -2.50. The lowest BCUT2D eigenvalue weighted by Gasteiger charge is -2.46. The summed E-state index contributed by atoms with van der Waals surface area (Å²) in [5.74, 6) is 0.945. The van der Waals surface area contributed by atoms with Gasteiger partial charge >= 0.3 is 24.3 Å². The summed E-state index contributed by atoms with van der Waals surface area (Å²) in [6, 6.07) is -0.657. The first-order chi connectivity index (χ1) is 41.1. The van der Waals surface area contributed by atoms with E-state index in [1.54, 1.807) is 6.92 Å². The Hall–Kier alpha value is -4.04. The number of anilines is 1. The number of ether oxygens (including phenoxy) is 3. The summed E-state index contributed by atoms with van der Waals surface area (Å²) in [5.41, 5.74) is -0.129. The van der Waals surface area contributed by atoms with Gasteiger partial charge in [-0.25, -0.2) is 24.2 Å². The maximum absolute atomic E-state index is 13.3. The Bertz CT molecular complexity index is 2010. The van der Waals surface area contributed by atoms with Gasteiger partial charge in [0.1, 0.15) is 0 Å². The molecule has 6 N–H and O–H groups in total. The van der Waals surface area contributed by atoms with E-state index in [0.29, 0.717) is 55.8 Å². The van der Waals surface area contributed by atoms with Crippen molar-refractivity contribution in [2.75, 3.05) is 38.2 Å². The van der Waals surface area contributed by atoms with Crippen molar-refractivity contribution in [3.05, 3.63) is 21.6 Å². The number of hydrogen-bond donors (Lipinski definition) is 6. The second-order valence-electron chi connectivity index (χ2n) is 28.7. The van der Waals surface area contributed by atoms with Crippen molar-refractivity contribution in [3.8, 4) is 0 Å². The van der Waals surface area contributed by atoms with Gasteiger partial charge in [-0.2, -0.15) is 0 Å². The average Bonchev–Trinajstić information content (AvgIpc) is 3.05. The van der Waals surface area contributed by atoms with Gasteiger partial charge in [0.2, 0.25) is 5.95 Å². The van der Waals surface area contributed by atoms with Crippen LogP contribution in [0.3, 0.4) is 0 Å². The van der Waals surface area contributed by atoms with Crippen LogP contribution in [0.5, 0.6) is 0 Å². The van der Waals surface area contributed by atoms with Gasteiger partial charge in [0.15, 0.2) is 0 Å². The van der Waals surface area contributed by atoms with Gasteiger partial charge in [-0.15, -0.1) is 0 Å². The van der Waals surface area contributed by atoms with Crippen molar-refractivity contribution in [1.29, 1.82) is 0 Å². The molecule has 15 nitrogen and oxygen atoms in total. The Balaban J connectivity index is 1.79. The van der Waals surface area contributed by atoms with E-state index >= 15 is 0 Å². The Morgan fingerprint density at radius 1 is 0.605 bits per heavy atom. The van der Waals surface area contributed by atoms with Crippen molar-refractivity contribution in [1.82, 2.24) is 31.2 Å². The van der Waals surface area contributed by atoms with Gasteiger partial charge in [-0.05, 0) is 106 Å². The molecule has 1 saturated carbocycles. The van der Waals surface area contributed by atoms with Crippen LogP contribution in [0.2, 0.25) is 0 Å². The molecule has 1 aromatic rings. The number of carbonyl (C=O) groups excluding carboxylic acids is 4. The Kier molecular flexibility index (Phi) is 41.8. The fourth-order valence-corrected chi connectivity index (χ4v) is 13.8. The largest absolute Gasteiger partial charge is 0.449 e. The molecule has 1 heterocycles. The molecule has 0 aliphatic heterocycles. The van der Waals surface area contributed by atoms with Crippen LogP contribution in [-0.4, -0.2) is 79.3 Å². The van der Waals surface area contributed by atoms with Crippen LogP contribution in [0.1, 0.15) is 325 Å². The number of nitrogens with one attached hydrogen (secondary N) is 6. The van der Waals surface area contributed by atoms with Gasteiger partial charge in [-0.1, -0.05) is 249 Å². The SMILES string of the molecule is CCCCCCCCCCC(CCCCCCCC)COC(=O)NC(C)CC(C)(C)CC(C)CNC(=O)Nc1nc(C)c(CCOC(=O)NCC2(C)CC(NC(=O)OCC(CCCCCCCC)CCCCCCCCCC)CC(C)(C)C2)c(=O)[nH]1. The van der Waals surface area contributed by atoms with Crippen LogP contribution < -0.4 is 32.1 Å². The number of H-pyrrole nitrogens is 1. The number of urea groups is 1. The molecule has 6 unspecified atom stereocenters. The van der Waals surface area contributed by atoms with Crippen molar-refractivity contribution in [2.24, 2.45) is 34.0 Å². The summed E-state index contributed by atoms with van der Waals surface area (Å²) in [4.78, 5) is 72.8. The normalized spacial score (nSPS) is 17.2. The molecule has 0 spiro atoms. The molecule has 1 fully saturated rings. The second kappa shape index (κ2) is 46.1. The summed E-state index contributed by atoms with van der Waals surface area (Å²) in [6.45, 7) is 27.4. The monoisotopic (exact) mass is 1210 g/mol. The summed E-state index contributed by atoms with van der Waals surface area (Å²) >= 11 is 0. The van der Waals surface area contributed by atoms with E-state index in [4.69, 9.17) is 14.2 Å². The predicted octanol–water partition coefficient (Wildman–Crippen LogP) is 19.1. The number of carbonyl (C=O) groups is 4. The van der Waals surface area contributed by atoms with E-state index in [-0.39, 0.29) is 65.4 Å². The van der Waals surface area contributed by atoms with Gasteiger partial charge in [0.25, 0.3) is 5.56 Å². The molecule has 0 bridgehead atoms. The predicted molar refractivity (Wildman–Crippen MR) is 357 cm³/mol. The third-order valence-corrected chi connectivity index (χ3v) is 18.0. The number of aromatic nitrogens is 2. The number of hydrogen-bond acceptors (Lipinski definition) is 9. The molecule has 1 aliphatic carbocycles. The molecule has 0 radical (unpaired) electrons. The molecule has 15 heteroatoms. The number of alkyl carbamates (subject to hydrolysis) is 3. The first kappa shape index (κ1) is 78.1. The zero-order chi connectivity index (χ0) is 63.5. The summed E-state index contributed by atoms with van der Waals surface area (Å²) in [5, 5.41) is 14.8. The number of aromatic amines is 1. The van der Waals surface area contributed by atoms with E-state index in [1.165, 1.54) is 180 Å². The zero-order valence-electron chi connectivity index (χ0n) is 57.5. The highest BCUT2D eigenvalue weighted by atomic mass is 16.6. The summed E-state index contributed by atoms with van der Waals surface area (Å²) in [6.07, 6.45) is 43.1. The van der Waals surface area contributed by atoms with Crippen molar-refractivity contribution < 1.29 is 33.4 Å². The van der Waals surface area contributed by atoms with Crippen molar-refractivity contribution in [3.63, 3.8) is 0 Å². The van der Waals surface area contributed by atoms with Gasteiger partial charge in [-0.3, -0.25) is 15.1 Å². The van der Waals surface area contributed by atoms with Crippen molar-refractivity contribution >= 4 is 30.3 Å². The summed E-state index contributed by atoms with van der Waals surface area (Å²) < 4.78 is 17.4. The fourth-order valence-electron chi connectivity index (χ4n) is 13.8. The number of rotatable bonds is 50. The third kappa shape index (κ3) is 39.1. The highest BCUT2D eigenvalue weighted by Crippen LogP contribution is 2.46. The lowest BCUT2D eigenvalue weighted by molar-refractivity contribution is 0.0596. The van der Waals surface area contributed by atoms with E-state index in [1.807, 2.05) is 6.92 Å². The molecule has 1 aliphatic rings. The first-order valence-electron chi connectivity index (χ1n) is 35.5. The van der Waals surface area contributed by atoms with Crippen LogP contribution in [0.25, 0.3) is 0 Å². The fraction of sp³-hybridized carbons (Fsp3) is 0.887. The topological polar surface area (TPSA) is 202 Å². The number of nitrogens with zero attached hydrogens (tertiary/aromatic N) is 1. The molecule has 0 aromatic carbocycles. The highest BCUT2D eigenvalue weighted by molar-refractivity contribution is 5.87. The molecule has 5 amide bonds. The van der Waals surface area contributed by atoms with E-state index in [2.05, 4.69) is 106 Å². The molecule has 2 rings (SSSR count). The van der Waals surface area contributed by atoms with Crippen LogP contribution in [0.4, 0.5) is 25.1 Å². The van der Waals surface area contributed by atoms with Crippen LogP contribution in [0.15, 0.2) is 4.79 Å². The van der Waals surface area contributed by atoms with E-state index in [9.17, 15) is 24.0 Å². The minimum absolute atomic E-state index is 0.0283. The van der Waals surface area contributed by atoms with Gasteiger partial charge < -0.3 is 35.5 Å².